The summed E-state index contributed by atoms with van der Waals surface area (Å²) in [4.78, 5) is 47.5. The fourth-order valence-corrected chi connectivity index (χ4v) is 7.62. The van der Waals surface area contributed by atoms with Crippen LogP contribution in [0.1, 0.15) is 77.3 Å². The number of aliphatic hydroxyl groups excluding tert-OH is 2. The zero-order valence-electron chi connectivity index (χ0n) is 23.0. The summed E-state index contributed by atoms with van der Waals surface area (Å²) in [5, 5.41) is 24.9. The monoisotopic (exact) mass is 534 g/mol. The standard InChI is InChI=1S/C27H42N4O5S/c1-16(33)30-9-11-31(12-10-30)21(35)13-17-22-18(37-24(28-22)29-23(36)25(2,3)4)14-19-26(17,5)8-7-20(34)27(19,6)15-32/h17,19-20,32,34H,7-15H2,1-6H3,(H,28,29,36)/t17-,19+,20-,26+,27+/m1/s1. The van der Waals surface area contributed by atoms with Crippen molar-refractivity contribution in [2.75, 3.05) is 38.1 Å². The van der Waals surface area contributed by atoms with Gasteiger partial charge in [-0.05, 0) is 30.6 Å². The van der Waals surface area contributed by atoms with Gasteiger partial charge in [-0.2, -0.15) is 0 Å². The number of fused-ring (bicyclic) bond motifs is 2. The van der Waals surface area contributed by atoms with Gasteiger partial charge in [0.25, 0.3) is 0 Å². The lowest BCUT2D eigenvalue weighted by Crippen LogP contribution is -2.58. The summed E-state index contributed by atoms with van der Waals surface area (Å²) in [5.41, 5.74) is -0.749. The highest BCUT2D eigenvalue weighted by Crippen LogP contribution is 2.63. The number of piperazine rings is 1. The van der Waals surface area contributed by atoms with E-state index in [4.69, 9.17) is 4.98 Å². The molecule has 2 fully saturated rings. The van der Waals surface area contributed by atoms with Crippen LogP contribution in [0.25, 0.3) is 0 Å². The summed E-state index contributed by atoms with van der Waals surface area (Å²) in [6, 6.07) is 0. The molecule has 2 aliphatic carbocycles. The molecule has 9 nitrogen and oxygen atoms in total. The summed E-state index contributed by atoms with van der Waals surface area (Å²) in [6.45, 7) is 13.2. The van der Waals surface area contributed by atoms with Gasteiger partial charge in [-0.1, -0.05) is 34.6 Å². The number of nitrogens with one attached hydrogen (secondary N) is 1. The number of anilines is 1. The lowest BCUT2D eigenvalue weighted by molar-refractivity contribution is -0.149. The predicted octanol–water partition coefficient (Wildman–Crippen LogP) is 2.62. The predicted molar refractivity (Wildman–Crippen MR) is 142 cm³/mol. The molecule has 0 bridgehead atoms. The molecular formula is C27H42N4O5S. The average Bonchev–Trinajstić information content (AvgIpc) is 3.24. The zero-order valence-corrected chi connectivity index (χ0v) is 23.8. The molecule has 1 aromatic heterocycles. The summed E-state index contributed by atoms with van der Waals surface area (Å²) >= 11 is 1.44. The van der Waals surface area contributed by atoms with Crippen LogP contribution in [0.4, 0.5) is 5.13 Å². The lowest BCUT2D eigenvalue weighted by atomic mass is 9.47. The Labute approximate surface area is 223 Å². The first-order valence-electron chi connectivity index (χ1n) is 13.3. The summed E-state index contributed by atoms with van der Waals surface area (Å²) in [7, 11) is 0. The minimum absolute atomic E-state index is 0.0238. The van der Waals surface area contributed by atoms with Gasteiger partial charge in [-0.15, -0.1) is 11.3 Å². The van der Waals surface area contributed by atoms with Crippen molar-refractivity contribution in [2.24, 2.45) is 22.2 Å². The molecule has 0 aromatic carbocycles. The average molecular weight is 535 g/mol. The number of aromatic nitrogens is 1. The highest BCUT2D eigenvalue weighted by molar-refractivity contribution is 7.15. The third-order valence-electron chi connectivity index (χ3n) is 9.25. The van der Waals surface area contributed by atoms with Crippen molar-refractivity contribution in [3.05, 3.63) is 10.6 Å². The molecule has 10 heteroatoms. The van der Waals surface area contributed by atoms with E-state index in [1.165, 1.54) is 11.3 Å². The number of rotatable bonds is 4. The number of thiazole rings is 1. The third-order valence-corrected chi connectivity index (χ3v) is 10.3. The van der Waals surface area contributed by atoms with Crippen molar-refractivity contribution in [3.63, 3.8) is 0 Å². The fourth-order valence-electron chi connectivity index (χ4n) is 6.56. The van der Waals surface area contributed by atoms with Crippen molar-refractivity contribution in [2.45, 2.75) is 79.2 Å². The van der Waals surface area contributed by atoms with Crippen molar-refractivity contribution in [1.29, 1.82) is 0 Å². The quantitative estimate of drug-likeness (QED) is 0.546. The Morgan fingerprint density at radius 1 is 1.14 bits per heavy atom. The minimum Gasteiger partial charge on any atom is -0.396 e. The normalized spacial score (nSPS) is 31.9. The van der Waals surface area contributed by atoms with Crippen molar-refractivity contribution in [3.8, 4) is 0 Å². The van der Waals surface area contributed by atoms with Gasteiger partial charge >= 0.3 is 0 Å². The van der Waals surface area contributed by atoms with Crippen LogP contribution < -0.4 is 5.32 Å². The van der Waals surface area contributed by atoms with Crippen LogP contribution in [0.3, 0.4) is 0 Å². The van der Waals surface area contributed by atoms with Gasteiger partial charge in [0, 0.05) is 61.1 Å². The number of nitrogens with zero attached hydrogens (tertiary/aromatic N) is 3. The van der Waals surface area contributed by atoms with Crippen LogP contribution in [0.2, 0.25) is 0 Å². The van der Waals surface area contributed by atoms with Gasteiger partial charge in [-0.3, -0.25) is 14.4 Å². The van der Waals surface area contributed by atoms with Crippen LogP contribution in [0.15, 0.2) is 0 Å². The maximum absolute atomic E-state index is 13.6. The Morgan fingerprint density at radius 3 is 2.32 bits per heavy atom. The van der Waals surface area contributed by atoms with Gasteiger partial charge in [0.1, 0.15) is 0 Å². The highest BCUT2D eigenvalue weighted by atomic mass is 32.1. The molecule has 0 radical (unpaired) electrons. The lowest BCUT2D eigenvalue weighted by Gasteiger charge is -2.58. The first-order chi connectivity index (χ1) is 17.2. The molecule has 0 spiro atoms. The third kappa shape index (κ3) is 5.04. The van der Waals surface area contributed by atoms with Gasteiger partial charge in [0.2, 0.25) is 17.7 Å². The van der Waals surface area contributed by atoms with Crippen LogP contribution in [0, 0.1) is 22.2 Å². The molecule has 2 heterocycles. The molecule has 1 aromatic rings. The molecule has 4 rings (SSSR count). The van der Waals surface area contributed by atoms with Crippen LogP contribution in [-0.2, 0) is 20.8 Å². The van der Waals surface area contributed by atoms with Gasteiger partial charge < -0.3 is 25.3 Å². The van der Waals surface area contributed by atoms with E-state index in [0.29, 0.717) is 44.2 Å². The molecule has 3 aliphatic rings. The molecule has 1 aliphatic heterocycles. The number of aliphatic hydroxyl groups is 2. The van der Waals surface area contributed by atoms with E-state index in [0.717, 1.165) is 17.0 Å². The first-order valence-corrected chi connectivity index (χ1v) is 14.2. The summed E-state index contributed by atoms with van der Waals surface area (Å²) in [6.07, 6.45) is 1.57. The van der Waals surface area contributed by atoms with E-state index < -0.39 is 16.9 Å². The molecule has 1 saturated heterocycles. The number of carbonyl (C=O) groups is 3. The molecule has 1 saturated carbocycles. The SMILES string of the molecule is CC(=O)N1CCN(C(=O)C[C@@H]2c3nc(NC(=O)C(C)(C)C)sc3C[C@@H]3[C@](C)(CO)[C@H](O)CC[C@]32C)CC1. The Morgan fingerprint density at radius 2 is 1.76 bits per heavy atom. The Hall–Kier alpha value is -2.04. The van der Waals surface area contributed by atoms with Crippen LogP contribution in [0.5, 0.6) is 0 Å². The molecule has 37 heavy (non-hydrogen) atoms. The minimum atomic E-state index is -0.697. The maximum atomic E-state index is 13.6. The van der Waals surface area contributed by atoms with Crippen LogP contribution >= 0.6 is 11.3 Å². The van der Waals surface area contributed by atoms with E-state index in [9.17, 15) is 24.6 Å². The van der Waals surface area contributed by atoms with Gasteiger partial charge in [0.15, 0.2) is 5.13 Å². The van der Waals surface area contributed by atoms with Crippen molar-refractivity contribution in [1.82, 2.24) is 14.8 Å². The summed E-state index contributed by atoms with van der Waals surface area (Å²) < 4.78 is 0. The molecule has 3 amide bonds. The smallest absolute Gasteiger partial charge is 0.231 e. The topological polar surface area (TPSA) is 123 Å². The summed E-state index contributed by atoms with van der Waals surface area (Å²) in [5.74, 6) is -0.301. The first kappa shape index (κ1) is 28.0. The number of hydrogen-bond acceptors (Lipinski definition) is 7. The molecule has 0 unspecified atom stereocenters. The second-order valence-corrected chi connectivity index (χ2v) is 13.7. The maximum Gasteiger partial charge on any atom is 0.231 e. The molecule has 5 atom stereocenters. The second kappa shape index (κ2) is 9.93. The molecule has 3 N–H and O–H groups in total. The van der Waals surface area contributed by atoms with Crippen molar-refractivity contribution < 1.29 is 24.6 Å². The van der Waals surface area contributed by atoms with E-state index in [1.807, 2.05) is 32.6 Å². The van der Waals surface area contributed by atoms with Crippen LogP contribution in [-0.4, -0.2) is 81.6 Å². The Bertz CT molecular complexity index is 1060. The van der Waals surface area contributed by atoms with E-state index in [2.05, 4.69) is 12.2 Å². The number of hydrogen-bond donors (Lipinski definition) is 3. The van der Waals surface area contributed by atoms with Crippen molar-refractivity contribution >= 4 is 34.2 Å². The Balaban J connectivity index is 1.67. The molecule has 206 valence electrons. The number of amides is 3. The van der Waals surface area contributed by atoms with Gasteiger partial charge in [0.05, 0.1) is 18.4 Å². The van der Waals surface area contributed by atoms with E-state index in [1.54, 1.807) is 11.8 Å². The zero-order chi connectivity index (χ0) is 27.3. The van der Waals surface area contributed by atoms with E-state index >= 15 is 0 Å². The largest absolute Gasteiger partial charge is 0.396 e. The van der Waals surface area contributed by atoms with E-state index in [-0.39, 0.29) is 48.0 Å². The Kier molecular flexibility index (Phi) is 7.51. The second-order valence-electron chi connectivity index (χ2n) is 12.7. The molecular weight excluding hydrogens is 492 g/mol. The van der Waals surface area contributed by atoms with Gasteiger partial charge in [-0.25, -0.2) is 4.98 Å². The fraction of sp³-hybridized carbons (Fsp3) is 0.778. The number of carbonyl (C=O) groups excluding carboxylic acids is 3. The highest BCUT2D eigenvalue weighted by Gasteiger charge is 2.59.